The summed E-state index contributed by atoms with van der Waals surface area (Å²) in [6, 6.07) is 9.76. The Bertz CT molecular complexity index is 1040. The zero-order valence-corrected chi connectivity index (χ0v) is 18.3. The number of carbonyl (C=O) groups is 1. The van der Waals surface area contributed by atoms with Crippen LogP contribution < -0.4 is 24.2 Å². The van der Waals surface area contributed by atoms with E-state index in [1.165, 1.54) is 25.3 Å². The molecule has 0 bridgehead atoms. The quantitative estimate of drug-likeness (QED) is 0.724. The molecule has 2 aromatic carbocycles. The molecule has 0 aliphatic carbocycles. The molecule has 0 saturated carbocycles. The maximum absolute atomic E-state index is 12.8. The highest BCUT2D eigenvalue weighted by Gasteiger charge is 2.26. The van der Waals surface area contributed by atoms with Gasteiger partial charge >= 0.3 is 0 Å². The normalized spacial score (nSPS) is 13.6. The van der Waals surface area contributed by atoms with Crippen LogP contribution in [0.3, 0.4) is 0 Å². The van der Waals surface area contributed by atoms with Crippen LogP contribution in [-0.2, 0) is 16.6 Å². The summed E-state index contributed by atoms with van der Waals surface area (Å²) in [6.07, 6.45) is 0. The molecule has 0 unspecified atom stereocenters. The zero-order valence-electron chi connectivity index (χ0n) is 17.4. The van der Waals surface area contributed by atoms with Crippen LogP contribution in [0.25, 0.3) is 0 Å². The van der Waals surface area contributed by atoms with Crippen LogP contribution in [0.1, 0.15) is 36.7 Å². The van der Waals surface area contributed by atoms with E-state index in [1.807, 2.05) is 18.2 Å². The highest BCUT2D eigenvalue weighted by molar-refractivity contribution is 7.89. The van der Waals surface area contributed by atoms with Crippen molar-refractivity contribution in [2.45, 2.75) is 37.8 Å². The first kappa shape index (κ1) is 21.9. The molecule has 1 aliphatic rings. The molecular formula is C21H26N2O6S. The minimum atomic E-state index is -3.89. The Labute approximate surface area is 176 Å². The average molecular weight is 435 g/mol. The maximum Gasteiger partial charge on any atom is 0.251 e. The molecule has 0 spiro atoms. The number of sulfonamides is 1. The predicted molar refractivity (Wildman–Crippen MR) is 112 cm³/mol. The van der Waals surface area contributed by atoms with Crippen LogP contribution in [0.2, 0.25) is 0 Å². The fourth-order valence-corrected chi connectivity index (χ4v) is 4.65. The molecule has 2 aromatic rings. The maximum atomic E-state index is 12.8. The lowest BCUT2D eigenvalue weighted by atomic mass is 10.1. The molecule has 0 fully saturated rings. The number of ether oxygens (including phenoxy) is 3. The number of methoxy groups -OCH3 is 1. The van der Waals surface area contributed by atoms with E-state index in [2.05, 4.69) is 10.0 Å². The molecule has 8 nitrogen and oxygen atoms in total. The molecule has 1 amide bonds. The summed E-state index contributed by atoms with van der Waals surface area (Å²) in [7, 11) is -2.51. The summed E-state index contributed by atoms with van der Waals surface area (Å²) in [5, 5.41) is 2.80. The Hall–Kier alpha value is -2.78. The molecule has 2 N–H and O–H groups in total. The molecule has 9 heteroatoms. The van der Waals surface area contributed by atoms with Gasteiger partial charge in [-0.3, -0.25) is 4.79 Å². The lowest BCUT2D eigenvalue weighted by molar-refractivity contribution is 0.0949. The number of hydrogen-bond acceptors (Lipinski definition) is 6. The Morgan fingerprint density at radius 3 is 2.57 bits per heavy atom. The first-order valence-corrected chi connectivity index (χ1v) is 11.0. The second-order valence-corrected chi connectivity index (χ2v) is 9.50. The third-order valence-corrected chi connectivity index (χ3v) is 6.02. The summed E-state index contributed by atoms with van der Waals surface area (Å²) < 4.78 is 44.5. The van der Waals surface area contributed by atoms with Crippen molar-refractivity contribution in [1.29, 1.82) is 0 Å². The summed E-state index contributed by atoms with van der Waals surface area (Å²) in [5.41, 5.74) is 0.291. The predicted octanol–water partition coefficient (Wildman–Crippen LogP) is 2.47. The lowest BCUT2D eigenvalue weighted by Gasteiger charge is -2.22. The van der Waals surface area contributed by atoms with E-state index in [9.17, 15) is 13.2 Å². The zero-order chi connectivity index (χ0) is 21.9. The lowest BCUT2D eigenvalue weighted by Crippen LogP contribution is -2.40. The van der Waals surface area contributed by atoms with E-state index in [0.717, 1.165) is 5.56 Å². The van der Waals surface area contributed by atoms with Gasteiger partial charge in [-0.2, -0.15) is 0 Å². The Balaban J connectivity index is 1.82. The fourth-order valence-electron chi connectivity index (χ4n) is 3.04. The standard InChI is InChI=1S/C21H26N2O6S/c1-21(2,3)23-30(25,26)18-12-14(8-9-16(18)27-4)20(24)22-13-15-6-5-7-17-19(15)29-11-10-28-17/h5-9,12,23H,10-11,13H2,1-4H3,(H,22,24). The topological polar surface area (TPSA) is 103 Å². The van der Waals surface area contributed by atoms with Crippen molar-refractivity contribution < 1.29 is 27.4 Å². The highest BCUT2D eigenvalue weighted by atomic mass is 32.2. The van der Waals surface area contributed by atoms with Crippen LogP contribution in [0.5, 0.6) is 17.2 Å². The number of nitrogens with one attached hydrogen (secondary N) is 2. The Morgan fingerprint density at radius 1 is 1.13 bits per heavy atom. The number of fused-ring (bicyclic) bond motifs is 1. The molecule has 0 saturated heterocycles. The van der Waals surface area contributed by atoms with E-state index in [1.54, 1.807) is 20.8 Å². The molecule has 162 valence electrons. The van der Waals surface area contributed by atoms with Gasteiger partial charge in [-0.1, -0.05) is 12.1 Å². The van der Waals surface area contributed by atoms with Gasteiger partial charge in [0.05, 0.1) is 7.11 Å². The van der Waals surface area contributed by atoms with Crippen LogP contribution in [0.15, 0.2) is 41.3 Å². The Morgan fingerprint density at radius 2 is 1.87 bits per heavy atom. The number of benzene rings is 2. The molecule has 30 heavy (non-hydrogen) atoms. The van der Waals surface area contributed by atoms with Crippen molar-refractivity contribution in [1.82, 2.24) is 10.0 Å². The van der Waals surface area contributed by atoms with Crippen LogP contribution >= 0.6 is 0 Å². The van der Waals surface area contributed by atoms with E-state index in [-0.39, 0.29) is 22.8 Å². The summed E-state index contributed by atoms with van der Waals surface area (Å²) in [6.45, 7) is 6.34. The van der Waals surface area contributed by atoms with Gasteiger partial charge in [-0.25, -0.2) is 13.1 Å². The number of para-hydroxylation sites is 1. The monoisotopic (exact) mass is 434 g/mol. The van der Waals surface area contributed by atoms with Gasteiger partial charge in [0.25, 0.3) is 5.91 Å². The molecular weight excluding hydrogens is 408 g/mol. The number of carbonyl (C=O) groups excluding carboxylic acids is 1. The van der Waals surface area contributed by atoms with Crippen molar-refractivity contribution in [2.75, 3.05) is 20.3 Å². The molecule has 1 aliphatic heterocycles. The fraction of sp³-hybridized carbons (Fsp3) is 0.381. The first-order chi connectivity index (χ1) is 14.1. The van der Waals surface area contributed by atoms with E-state index >= 15 is 0 Å². The van der Waals surface area contributed by atoms with E-state index in [4.69, 9.17) is 14.2 Å². The second kappa shape index (κ2) is 8.53. The minimum absolute atomic E-state index is 0.0959. The van der Waals surface area contributed by atoms with Crippen LogP contribution in [0.4, 0.5) is 0 Å². The van der Waals surface area contributed by atoms with Gasteiger partial charge in [0.15, 0.2) is 11.5 Å². The van der Waals surface area contributed by atoms with Crippen molar-refractivity contribution in [3.63, 3.8) is 0 Å². The van der Waals surface area contributed by atoms with Crippen molar-refractivity contribution >= 4 is 15.9 Å². The molecule has 0 atom stereocenters. The molecule has 0 aromatic heterocycles. The smallest absolute Gasteiger partial charge is 0.251 e. The van der Waals surface area contributed by atoms with Gasteiger partial charge in [0.2, 0.25) is 10.0 Å². The summed E-state index contributed by atoms with van der Waals surface area (Å²) >= 11 is 0. The number of rotatable bonds is 6. The SMILES string of the molecule is COc1ccc(C(=O)NCc2cccc3c2OCCO3)cc1S(=O)(=O)NC(C)(C)C. The van der Waals surface area contributed by atoms with Crippen LogP contribution in [-0.4, -0.2) is 40.2 Å². The molecule has 0 radical (unpaired) electrons. The molecule has 3 rings (SSSR count). The van der Waals surface area contributed by atoms with Crippen LogP contribution in [0, 0.1) is 0 Å². The largest absolute Gasteiger partial charge is 0.495 e. The van der Waals surface area contributed by atoms with Gasteiger partial charge < -0.3 is 19.5 Å². The highest BCUT2D eigenvalue weighted by Crippen LogP contribution is 2.33. The third kappa shape index (κ3) is 5.03. The number of hydrogen-bond donors (Lipinski definition) is 2. The minimum Gasteiger partial charge on any atom is -0.495 e. The van der Waals surface area contributed by atoms with E-state index in [0.29, 0.717) is 24.7 Å². The Kier molecular flexibility index (Phi) is 6.23. The van der Waals surface area contributed by atoms with Gasteiger partial charge in [-0.15, -0.1) is 0 Å². The average Bonchev–Trinajstić information content (AvgIpc) is 2.69. The van der Waals surface area contributed by atoms with Gasteiger partial charge in [0.1, 0.15) is 23.9 Å². The van der Waals surface area contributed by atoms with Gasteiger partial charge in [0, 0.05) is 23.2 Å². The second-order valence-electron chi connectivity index (χ2n) is 7.85. The number of amides is 1. The van der Waals surface area contributed by atoms with Crippen molar-refractivity contribution in [3.05, 3.63) is 47.5 Å². The molecule has 1 heterocycles. The van der Waals surface area contributed by atoms with Gasteiger partial charge in [-0.05, 0) is 45.0 Å². The summed E-state index contributed by atoms with van der Waals surface area (Å²) in [5.74, 6) is 0.987. The van der Waals surface area contributed by atoms with Crippen molar-refractivity contribution in [2.24, 2.45) is 0 Å². The third-order valence-electron chi connectivity index (χ3n) is 4.24. The first-order valence-electron chi connectivity index (χ1n) is 9.48. The van der Waals surface area contributed by atoms with E-state index < -0.39 is 21.5 Å². The van der Waals surface area contributed by atoms with Crippen molar-refractivity contribution in [3.8, 4) is 17.2 Å². The summed E-state index contributed by atoms with van der Waals surface area (Å²) in [4.78, 5) is 12.6.